The maximum Gasteiger partial charge on any atom is 0.0466 e. The third-order valence-corrected chi connectivity index (χ3v) is 1.78. The van der Waals surface area contributed by atoms with Gasteiger partial charge in [0.2, 0.25) is 0 Å². The highest BCUT2D eigenvalue weighted by Crippen LogP contribution is 1.97. The molecule has 2 nitrogen and oxygen atoms in total. The zero-order chi connectivity index (χ0) is 10.4. The molecule has 0 rings (SSSR count). The van der Waals surface area contributed by atoms with Crippen LogP contribution in [0.25, 0.3) is 0 Å². The number of aliphatic hydroxyl groups is 1. The standard InChI is InChI=1S/C10H22O.CH4O/c1-3-5-7-9-11-10-8-6-4-2;1-2/h3-10H2,1-2H3;2H,1H3. The van der Waals surface area contributed by atoms with E-state index in [1.165, 1.54) is 38.5 Å². The number of aliphatic hydroxyl groups excluding tert-OH is 1. The van der Waals surface area contributed by atoms with Crippen LogP contribution in [0.15, 0.2) is 0 Å². The Bertz CT molecular complexity index is 57.1. The molecule has 0 atom stereocenters. The van der Waals surface area contributed by atoms with E-state index in [-0.39, 0.29) is 0 Å². The fraction of sp³-hybridized carbons (Fsp3) is 1.00. The molecule has 0 aliphatic carbocycles. The van der Waals surface area contributed by atoms with Gasteiger partial charge in [0, 0.05) is 20.3 Å². The van der Waals surface area contributed by atoms with Crippen LogP contribution in [0.2, 0.25) is 0 Å². The van der Waals surface area contributed by atoms with Crippen LogP contribution in [0, 0.1) is 0 Å². The van der Waals surface area contributed by atoms with Crippen molar-refractivity contribution in [3.8, 4) is 0 Å². The molecule has 0 aromatic carbocycles. The third-order valence-electron chi connectivity index (χ3n) is 1.78. The average molecular weight is 190 g/mol. The molecule has 0 aliphatic heterocycles. The monoisotopic (exact) mass is 190 g/mol. The van der Waals surface area contributed by atoms with E-state index in [1.54, 1.807) is 0 Å². The van der Waals surface area contributed by atoms with Gasteiger partial charge in [-0.3, -0.25) is 0 Å². The fourth-order valence-electron chi connectivity index (χ4n) is 1.01. The van der Waals surface area contributed by atoms with Crippen molar-refractivity contribution in [2.24, 2.45) is 0 Å². The summed E-state index contributed by atoms with van der Waals surface area (Å²) < 4.78 is 5.44. The summed E-state index contributed by atoms with van der Waals surface area (Å²) in [7, 11) is 1.00. The van der Waals surface area contributed by atoms with E-state index in [4.69, 9.17) is 9.84 Å². The zero-order valence-corrected chi connectivity index (χ0v) is 9.51. The van der Waals surface area contributed by atoms with E-state index in [9.17, 15) is 0 Å². The van der Waals surface area contributed by atoms with Gasteiger partial charge in [0.15, 0.2) is 0 Å². The second-order valence-corrected chi connectivity index (χ2v) is 3.03. The minimum atomic E-state index is 0.970. The molecule has 1 N–H and O–H groups in total. The van der Waals surface area contributed by atoms with Gasteiger partial charge in [-0.15, -0.1) is 0 Å². The first-order valence-corrected chi connectivity index (χ1v) is 5.44. The van der Waals surface area contributed by atoms with Crippen molar-refractivity contribution >= 4 is 0 Å². The van der Waals surface area contributed by atoms with Gasteiger partial charge < -0.3 is 9.84 Å². The van der Waals surface area contributed by atoms with Gasteiger partial charge >= 0.3 is 0 Å². The highest BCUT2D eigenvalue weighted by molar-refractivity contribution is 4.38. The smallest absolute Gasteiger partial charge is 0.0466 e. The molecular weight excluding hydrogens is 164 g/mol. The van der Waals surface area contributed by atoms with Gasteiger partial charge in [0.25, 0.3) is 0 Å². The van der Waals surface area contributed by atoms with E-state index in [0.717, 1.165) is 20.3 Å². The Morgan fingerprint density at radius 1 is 0.769 bits per heavy atom. The lowest BCUT2D eigenvalue weighted by atomic mass is 10.2. The topological polar surface area (TPSA) is 29.5 Å². The van der Waals surface area contributed by atoms with Crippen LogP contribution in [0.3, 0.4) is 0 Å². The molecule has 2 heteroatoms. The summed E-state index contributed by atoms with van der Waals surface area (Å²) in [6.45, 7) is 6.38. The van der Waals surface area contributed by atoms with Gasteiger partial charge in [0.05, 0.1) is 0 Å². The van der Waals surface area contributed by atoms with Gasteiger partial charge in [-0.25, -0.2) is 0 Å². The highest BCUT2D eigenvalue weighted by atomic mass is 16.5. The normalized spacial score (nSPS) is 9.23. The number of hydrogen-bond acceptors (Lipinski definition) is 2. The number of unbranched alkanes of at least 4 members (excludes halogenated alkanes) is 4. The minimum Gasteiger partial charge on any atom is -0.400 e. The van der Waals surface area contributed by atoms with E-state index in [0.29, 0.717) is 0 Å². The third kappa shape index (κ3) is 18.7. The zero-order valence-electron chi connectivity index (χ0n) is 9.51. The van der Waals surface area contributed by atoms with Crippen LogP contribution in [0.4, 0.5) is 0 Å². The molecule has 0 saturated carbocycles. The number of rotatable bonds is 8. The van der Waals surface area contributed by atoms with E-state index in [2.05, 4.69) is 13.8 Å². The van der Waals surface area contributed by atoms with Crippen LogP contribution >= 0.6 is 0 Å². The maximum atomic E-state index is 7.00. The van der Waals surface area contributed by atoms with Crippen LogP contribution in [-0.2, 0) is 4.74 Å². The molecule has 0 aromatic rings. The molecule has 0 heterocycles. The number of ether oxygens (including phenoxy) is 1. The fourth-order valence-corrected chi connectivity index (χ4v) is 1.01. The van der Waals surface area contributed by atoms with Gasteiger partial charge in [-0.2, -0.15) is 0 Å². The Morgan fingerprint density at radius 2 is 1.15 bits per heavy atom. The minimum absolute atomic E-state index is 0.970. The Kier molecular flexibility index (Phi) is 21.2. The van der Waals surface area contributed by atoms with Crippen LogP contribution in [-0.4, -0.2) is 25.4 Å². The lowest BCUT2D eigenvalue weighted by molar-refractivity contribution is 0.126. The largest absolute Gasteiger partial charge is 0.400 e. The van der Waals surface area contributed by atoms with E-state index in [1.807, 2.05) is 0 Å². The first kappa shape index (κ1) is 15.4. The lowest BCUT2D eigenvalue weighted by Gasteiger charge is -2.01. The Labute approximate surface area is 83.3 Å². The maximum absolute atomic E-state index is 7.00. The van der Waals surface area contributed by atoms with Crippen LogP contribution in [0.1, 0.15) is 52.4 Å². The van der Waals surface area contributed by atoms with Crippen molar-refractivity contribution in [3.05, 3.63) is 0 Å². The summed E-state index contributed by atoms with van der Waals surface area (Å²) in [5.41, 5.74) is 0. The first-order valence-electron chi connectivity index (χ1n) is 5.44. The van der Waals surface area contributed by atoms with Crippen molar-refractivity contribution in [2.45, 2.75) is 52.4 Å². The summed E-state index contributed by atoms with van der Waals surface area (Å²) in [6.07, 6.45) is 7.68. The second kappa shape index (κ2) is 17.9. The molecule has 0 radical (unpaired) electrons. The van der Waals surface area contributed by atoms with Gasteiger partial charge in [0.1, 0.15) is 0 Å². The van der Waals surface area contributed by atoms with Gasteiger partial charge in [-0.1, -0.05) is 39.5 Å². The molecule has 0 aliphatic rings. The Morgan fingerprint density at radius 3 is 1.46 bits per heavy atom. The molecular formula is C11H26O2. The SMILES string of the molecule is CCCCCOCCCCC.CO. The predicted octanol–water partition coefficient (Wildman–Crippen LogP) is 2.99. The predicted molar refractivity (Wildman–Crippen MR) is 58.0 cm³/mol. The van der Waals surface area contributed by atoms with Crippen molar-refractivity contribution < 1.29 is 9.84 Å². The summed E-state index contributed by atoms with van der Waals surface area (Å²) >= 11 is 0. The summed E-state index contributed by atoms with van der Waals surface area (Å²) in [5.74, 6) is 0. The second-order valence-electron chi connectivity index (χ2n) is 3.03. The average Bonchev–Trinajstić information content (AvgIpc) is 2.20. The molecule has 0 spiro atoms. The van der Waals surface area contributed by atoms with Crippen LogP contribution in [0.5, 0.6) is 0 Å². The summed E-state index contributed by atoms with van der Waals surface area (Å²) in [5, 5.41) is 7.00. The number of hydrogen-bond donors (Lipinski definition) is 1. The quantitative estimate of drug-likeness (QED) is 0.596. The Hall–Kier alpha value is -0.0800. The van der Waals surface area contributed by atoms with E-state index < -0.39 is 0 Å². The highest BCUT2D eigenvalue weighted by Gasteiger charge is 1.88. The van der Waals surface area contributed by atoms with E-state index >= 15 is 0 Å². The molecule has 13 heavy (non-hydrogen) atoms. The van der Waals surface area contributed by atoms with Crippen molar-refractivity contribution in [3.63, 3.8) is 0 Å². The summed E-state index contributed by atoms with van der Waals surface area (Å²) in [6, 6.07) is 0. The van der Waals surface area contributed by atoms with Gasteiger partial charge in [-0.05, 0) is 12.8 Å². The van der Waals surface area contributed by atoms with Crippen molar-refractivity contribution in [1.29, 1.82) is 0 Å². The molecule has 0 aromatic heterocycles. The Balaban J connectivity index is 0. The van der Waals surface area contributed by atoms with Crippen LogP contribution < -0.4 is 0 Å². The molecule has 0 bridgehead atoms. The van der Waals surface area contributed by atoms with Crippen molar-refractivity contribution in [1.82, 2.24) is 0 Å². The summed E-state index contributed by atoms with van der Waals surface area (Å²) in [4.78, 5) is 0. The first-order chi connectivity index (χ1) is 6.41. The molecule has 0 amide bonds. The molecule has 0 unspecified atom stereocenters. The molecule has 0 saturated heterocycles. The molecule has 0 fully saturated rings. The van der Waals surface area contributed by atoms with Crippen molar-refractivity contribution in [2.75, 3.05) is 20.3 Å². The lowest BCUT2D eigenvalue weighted by Crippen LogP contribution is -1.96. The molecule has 82 valence electrons.